The zero-order valence-electron chi connectivity index (χ0n) is 20.6. The minimum absolute atomic E-state index is 0.326. The van der Waals surface area contributed by atoms with E-state index in [-0.39, 0.29) is 6.42 Å². The average Bonchev–Trinajstić information content (AvgIpc) is 2.93. The van der Waals surface area contributed by atoms with E-state index in [0.717, 1.165) is 0 Å². The Bertz CT molecular complexity index is 914. The molecule has 1 saturated heterocycles. The van der Waals surface area contributed by atoms with Gasteiger partial charge in [-0.05, 0) is 12.8 Å². The van der Waals surface area contributed by atoms with Gasteiger partial charge >= 0.3 is 35.8 Å². The van der Waals surface area contributed by atoms with E-state index in [1.54, 1.807) is 0 Å². The summed E-state index contributed by atoms with van der Waals surface area (Å²) < 4.78 is 9.19. The number of hydrogen-bond donors (Lipinski definition) is 8. The third-order valence-corrected chi connectivity index (χ3v) is 5.06. The molecule has 228 valence electrons. The van der Waals surface area contributed by atoms with Gasteiger partial charge in [0.1, 0.15) is 36.5 Å². The Morgan fingerprint density at radius 2 is 1.50 bits per heavy atom. The first-order chi connectivity index (χ1) is 18.7. The molecule has 1 heterocycles. The SMILES string of the molecule is N[C@@H]1CCC(=O)OOC(=O)CC(OC(=O)[C@H](N)CCC(=O)OC(O)[C@H](O)[C@H](O)[C@H](O)[C@H](O)CO)C(=O)OOC1=O. The summed E-state index contributed by atoms with van der Waals surface area (Å²) in [6, 6.07) is -3.12. The lowest BCUT2D eigenvalue weighted by atomic mass is 10.0. The van der Waals surface area contributed by atoms with Gasteiger partial charge in [-0.25, -0.2) is 38.7 Å². The van der Waals surface area contributed by atoms with E-state index in [1.165, 1.54) is 0 Å². The lowest BCUT2D eigenvalue weighted by Crippen LogP contribution is -2.51. The van der Waals surface area contributed by atoms with Crippen LogP contribution in [0.1, 0.15) is 32.1 Å². The van der Waals surface area contributed by atoms with Crippen LogP contribution in [0.5, 0.6) is 0 Å². The summed E-state index contributed by atoms with van der Waals surface area (Å²) in [5, 5.41) is 56.7. The predicted molar refractivity (Wildman–Crippen MR) is 116 cm³/mol. The van der Waals surface area contributed by atoms with Crippen molar-refractivity contribution in [3.63, 3.8) is 0 Å². The number of hydrogen-bond acceptors (Lipinski definition) is 20. The fourth-order valence-corrected chi connectivity index (χ4v) is 2.67. The van der Waals surface area contributed by atoms with Gasteiger partial charge in [-0.1, -0.05) is 0 Å². The van der Waals surface area contributed by atoms with Crippen LogP contribution in [0.15, 0.2) is 0 Å². The molecule has 0 aromatic heterocycles. The molecule has 8 atom stereocenters. The number of rotatable bonds is 11. The van der Waals surface area contributed by atoms with E-state index in [4.69, 9.17) is 21.3 Å². The zero-order valence-corrected chi connectivity index (χ0v) is 20.6. The van der Waals surface area contributed by atoms with Crippen molar-refractivity contribution >= 4 is 35.8 Å². The number of carbonyl (C=O) groups excluding carboxylic acids is 6. The molecule has 1 aliphatic heterocycles. The Hall–Kier alpha value is -3.50. The van der Waals surface area contributed by atoms with Gasteiger partial charge in [-0.2, -0.15) is 0 Å². The summed E-state index contributed by atoms with van der Waals surface area (Å²) in [7, 11) is 0. The molecular weight excluding hydrogens is 556 g/mol. The largest absolute Gasteiger partial charge is 0.448 e. The highest BCUT2D eigenvalue weighted by molar-refractivity contribution is 5.86. The van der Waals surface area contributed by atoms with Crippen molar-refractivity contribution in [1.82, 2.24) is 0 Å². The maximum absolute atomic E-state index is 12.3. The Morgan fingerprint density at radius 3 is 2.12 bits per heavy atom. The minimum atomic E-state index is -2.42. The van der Waals surface area contributed by atoms with Crippen molar-refractivity contribution in [3.8, 4) is 0 Å². The van der Waals surface area contributed by atoms with Crippen molar-refractivity contribution in [2.45, 2.75) is 81.0 Å². The zero-order chi connectivity index (χ0) is 30.6. The number of nitrogens with two attached hydrogens (primary N) is 2. The van der Waals surface area contributed by atoms with Crippen LogP contribution in [-0.4, -0.2) is 122 Å². The number of esters is 2. The van der Waals surface area contributed by atoms with Gasteiger partial charge in [-0.15, -0.1) is 0 Å². The molecule has 0 saturated carbocycles. The molecule has 0 aromatic rings. The van der Waals surface area contributed by atoms with E-state index in [9.17, 15) is 54.3 Å². The topological polar surface area (TPSA) is 331 Å². The second kappa shape index (κ2) is 16.6. The van der Waals surface area contributed by atoms with Gasteiger partial charge < -0.3 is 51.6 Å². The van der Waals surface area contributed by atoms with Gasteiger partial charge in [0, 0.05) is 6.42 Å². The van der Waals surface area contributed by atoms with Gasteiger partial charge in [0.05, 0.1) is 19.4 Å². The lowest BCUT2D eigenvalue weighted by Gasteiger charge is -2.28. The molecule has 0 aliphatic carbocycles. The summed E-state index contributed by atoms with van der Waals surface area (Å²) in [4.78, 5) is 88.3. The van der Waals surface area contributed by atoms with Crippen LogP contribution in [0.25, 0.3) is 0 Å². The molecule has 20 heteroatoms. The molecule has 1 aliphatic rings. The Morgan fingerprint density at radius 1 is 0.900 bits per heavy atom. The van der Waals surface area contributed by atoms with E-state index in [0.29, 0.717) is 0 Å². The van der Waals surface area contributed by atoms with Gasteiger partial charge in [0.2, 0.25) is 12.4 Å². The van der Waals surface area contributed by atoms with E-state index < -0.39 is 117 Å². The molecule has 20 nitrogen and oxygen atoms in total. The highest BCUT2D eigenvalue weighted by Crippen LogP contribution is 2.13. The van der Waals surface area contributed by atoms with Crippen molar-refractivity contribution < 1.29 is 88.4 Å². The highest BCUT2D eigenvalue weighted by atomic mass is 17.2. The van der Waals surface area contributed by atoms with Gasteiger partial charge in [-0.3, -0.25) is 9.59 Å². The standard InChI is InChI=1S/C20H30N2O18/c21-7(1-3-11(25)36-20(34)16(30)15(29)14(28)9(24)6-23)17(31)35-10-5-13(27)38-37-12(26)4-2-8(22)18(32)39-40-19(10)33/h7-10,14-16,20,23-24,28-30,34H,1-6,21-22H2/t7-,8-,9-,10?,14-,15-,16-,20?/m1/s1. The van der Waals surface area contributed by atoms with Crippen LogP contribution in [0.4, 0.5) is 0 Å². The molecule has 40 heavy (non-hydrogen) atoms. The normalized spacial score (nSPS) is 23.6. The Kier molecular flexibility index (Phi) is 14.3. The van der Waals surface area contributed by atoms with E-state index >= 15 is 0 Å². The molecule has 10 N–H and O–H groups in total. The van der Waals surface area contributed by atoms with Crippen LogP contribution in [0.3, 0.4) is 0 Å². The quantitative estimate of drug-likeness (QED) is 0.0633. The van der Waals surface area contributed by atoms with Crippen molar-refractivity contribution in [3.05, 3.63) is 0 Å². The lowest BCUT2D eigenvalue weighted by molar-refractivity contribution is -0.268. The highest BCUT2D eigenvalue weighted by Gasteiger charge is 2.37. The molecule has 0 aromatic carbocycles. The molecule has 1 fully saturated rings. The third-order valence-electron chi connectivity index (χ3n) is 5.06. The van der Waals surface area contributed by atoms with Crippen LogP contribution in [0, 0.1) is 0 Å². The van der Waals surface area contributed by atoms with Crippen LogP contribution in [-0.2, 0) is 57.8 Å². The van der Waals surface area contributed by atoms with Crippen LogP contribution in [0.2, 0.25) is 0 Å². The van der Waals surface area contributed by atoms with Crippen LogP contribution < -0.4 is 11.5 Å². The number of aliphatic hydroxyl groups excluding tert-OH is 6. The maximum atomic E-state index is 12.3. The second-order valence-electron chi connectivity index (χ2n) is 8.24. The Balaban J connectivity index is 2.71. The number of carbonyl (C=O) groups is 6. The molecular formula is C20H30N2O18. The molecule has 0 radical (unpaired) electrons. The first-order valence-corrected chi connectivity index (χ1v) is 11.4. The fourth-order valence-electron chi connectivity index (χ4n) is 2.67. The number of ether oxygens (including phenoxy) is 2. The molecule has 1 rings (SSSR count). The summed E-state index contributed by atoms with van der Waals surface area (Å²) in [6.07, 6.45) is -16.3. The first kappa shape index (κ1) is 34.5. The smallest absolute Gasteiger partial charge is 0.396 e. The minimum Gasteiger partial charge on any atom is -0.448 e. The summed E-state index contributed by atoms with van der Waals surface area (Å²) >= 11 is 0. The molecule has 2 unspecified atom stereocenters. The number of aliphatic hydroxyl groups is 6. The van der Waals surface area contributed by atoms with E-state index in [1.807, 2.05) is 0 Å². The summed E-state index contributed by atoms with van der Waals surface area (Å²) in [6.45, 7) is -0.999. The average molecular weight is 586 g/mol. The Labute approximate surface area is 224 Å². The third kappa shape index (κ3) is 11.3. The van der Waals surface area contributed by atoms with Crippen molar-refractivity contribution in [2.75, 3.05) is 6.61 Å². The van der Waals surface area contributed by atoms with Gasteiger partial charge in [0.15, 0.2) is 0 Å². The summed E-state index contributed by atoms with van der Waals surface area (Å²) in [5.41, 5.74) is 11.0. The molecule has 0 amide bonds. The van der Waals surface area contributed by atoms with Crippen LogP contribution >= 0.6 is 0 Å². The van der Waals surface area contributed by atoms with Gasteiger partial charge in [0.25, 0.3) is 0 Å². The first-order valence-electron chi connectivity index (χ1n) is 11.4. The molecule has 0 spiro atoms. The molecule has 0 bridgehead atoms. The second-order valence-corrected chi connectivity index (χ2v) is 8.24. The van der Waals surface area contributed by atoms with Crippen molar-refractivity contribution in [1.29, 1.82) is 0 Å². The maximum Gasteiger partial charge on any atom is 0.396 e. The van der Waals surface area contributed by atoms with E-state index in [2.05, 4.69) is 24.3 Å². The predicted octanol–water partition coefficient (Wildman–Crippen LogP) is -6.18. The monoisotopic (exact) mass is 586 g/mol. The van der Waals surface area contributed by atoms with Crippen molar-refractivity contribution in [2.24, 2.45) is 11.5 Å². The summed E-state index contributed by atoms with van der Waals surface area (Å²) in [5.74, 6) is -8.05. The fraction of sp³-hybridized carbons (Fsp3) is 0.700.